The highest BCUT2D eigenvalue weighted by Crippen LogP contribution is 2.36. The zero-order valence-corrected chi connectivity index (χ0v) is 14.8. The summed E-state index contributed by atoms with van der Waals surface area (Å²) in [5.74, 6) is -0.612. The Bertz CT molecular complexity index is 732. The van der Waals surface area contributed by atoms with E-state index in [0.29, 0.717) is 22.4 Å². The van der Waals surface area contributed by atoms with Crippen LogP contribution in [0.2, 0.25) is 0 Å². The predicted molar refractivity (Wildman–Crippen MR) is 90.8 cm³/mol. The van der Waals surface area contributed by atoms with Crippen molar-refractivity contribution in [1.29, 1.82) is 0 Å². The standard InChI is InChI=1S/C15H16N2O5S2/c1-3-21-6-7-22-14(18)11-4-5-13(12(8-11)17(19)20)24-15-16-10(2)9-23-15/h4-5,8-9H,3,6-7H2,1-2H3. The Labute approximate surface area is 147 Å². The molecule has 128 valence electrons. The molecule has 0 fully saturated rings. The van der Waals surface area contributed by atoms with Crippen LogP contribution in [0.25, 0.3) is 0 Å². The molecule has 1 aromatic carbocycles. The van der Waals surface area contributed by atoms with Crippen molar-refractivity contribution in [3.63, 3.8) is 0 Å². The van der Waals surface area contributed by atoms with E-state index in [1.165, 1.54) is 35.2 Å². The zero-order chi connectivity index (χ0) is 17.5. The first-order valence-electron chi connectivity index (χ1n) is 7.14. The van der Waals surface area contributed by atoms with Crippen LogP contribution in [-0.2, 0) is 9.47 Å². The molecular formula is C15H16N2O5S2. The summed E-state index contributed by atoms with van der Waals surface area (Å²) >= 11 is 2.62. The number of carbonyl (C=O) groups excluding carboxylic acids is 1. The van der Waals surface area contributed by atoms with Gasteiger partial charge in [0.25, 0.3) is 5.69 Å². The van der Waals surface area contributed by atoms with Crippen molar-refractivity contribution in [2.75, 3.05) is 19.8 Å². The van der Waals surface area contributed by atoms with Crippen molar-refractivity contribution in [3.05, 3.63) is 45.0 Å². The number of aryl methyl sites for hydroxylation is 1. The highest BCUT2D eigenvalue weighted by Gasteiger charge is 2.20. The maximum absolute atomic E-state index is 11.9. The zero-order valence-electron chi connectivity index (χ0n) is 13.2. The molecule has 1 heterocycles. The third kappa shape index (κ3) is 5.02. The largest absolute Gasteiger partial charge is 0.460 e. The Morgan fingerprint density at radius 1 is 1.42 bits per heavy atom. The number of aromatic nitrogens is 1. The van der Waals surface area contributed by atoms with Gasteiger partial charge in [0.1, 0.15) is 6.61 Å². The molecule has 0 aliphatic rings. The molecule has 0 saturated carbocycles. The number of nitro groups is 1. The number of nitro benzene ring substituents is 1. The molecule has 0 bridgehead atoms. The van der Waals surface area contributed by atoms with Gasteiger partial charge in [0.15, 0.2) is 4.34 Å². The monoisotopic (exact) mass is 368 g/mol. The summed E-state index contributed by atoms with van der Waals surface area (Å²) in [5.41, 5.74) is 0.852. The molecule has 1 aromatic heterocycles. The van der Waals surface area contributed by atoms with Crippen molar-refractivity contribution >= 4 is 34.8 Å². The number of hydrogen-bond donors (Lipinski definition) is 0. The molecule has 2 aromatic rings. The molecule has 0 atom stereocenters. The van der Waals surface area contributed by atoms with E-state index in [4.69, 9.17) is 9.47 Å². The fraction of sp³-hybridized carbons (Fsp3) is 0.333. The first kappa shape index (κ1) is 18.4. The lowest BCUT2D eigenvalue weighted by atomic mass is 10.2. The highest BCUT2D eigenvalue weighted by atomic mass is 32.2. The molecule has 0 aliphatic carbocycles. The third-order valence-corrected chi connectivity index (χ3v) is 4.97. The van der Waals surface area contributed by atoms with Gasteiger partial charge in [-0.25, -0.2) is 9.78 Å². The van der Waals surface area contributed by atoms with Crippen molar-refractivity contribution in [2.45, 2.75) is 23.1 Å². The van der Waals surface area contributed by atoms with E-state index in [1.54, 1.807) is 6.07 Å². The van der Waals surface area contributed by atoms with Gasteiger partial charge in [0.2, 0.25) is 0 Å². The van der Waals surface area contributed by atoms with Crippen LogP contribution in [0.5, 0.6) is 0 Å². The first-order chi connectivity index (χ1) is 11.5. The fourth-order valence-electron chi connectivity index (χ4n) is 1.77. The Morgan fingerprint density at radius 3 is 2.83 bits per heavy atom. The highest BCUT2D eigenvalue weighted by molar-refractivity contribution is 8.01. The topological polar surface area (TPSA) is 91.6 Å². The van der Waals surface area contributed by atoms with Gasteiger partial charge in [-0.3, -0.25) is 10.1 Å². The Balaban J connectivity index is 2.13. The molecular weight excluding hydrogens is 352 g/mol. The molecule has 0 N–H and O–H groups in total. The van der Waals surface area contributed by atoms with Crippen LogP contribution in [0.4, 0.5) is 5.69 Å². The lowest BCUT2D eigenvalue weighted by Gasteiger charge is -2.06. The summed E-state index contributed by atoms with van der Waals surface area (Å²) in [5, 5.41) is 13.2. The summed E-state index contributed by atoms with van der Waals surface area (Å²) in [6.07, 6.45) is 0. The van der Waals surface area contributed by atoms with E-state index < -0.39 is 10.9 Å². The molecule has 2 rings (SSSR count). The number of esters is 1. The molecule has 0 aliphatic heterocycles. The number of benzene rings is 1. The summed E-state index contributed by atoms with van der Waals surface area (Å²) in [7, 11) is 0. The smallest absolute Gasteiger partial charge is 0.338 e. The van der Waals surface area contributed by atoms with E-state index >= 15 is 0 Å². The minimum absolute atomic E-state index is 0.107. The summed E-state index contributed by atoms with van der Waals surface area (Å²) in [6.45, 7) is 4.63. The second kappa shape index (κ2) is 8.76. The van der Waals surface area contributed by atoms with Gasteiger partial charge >= 0.3 is 5.97 Å². The lowest BCUT2D eigenvalue weighted by Crippen LogP contribution is -2.11. The van der Waals surface area contributed by atoms with Gasteiger partial charge in [-0.15, -0.1) is 11.3 Å². The van der Waals surface area contributed by atoms with Crippen LogP contribution >= 0.6 is 23.1 Å². The SMILES string of the molecule is CCOCCOC(=O)c1ccc(Sc2nc(C)cs2)c([N+](=O)[O-])c1. The van der Waals surface area contributed by atoms with E-state index in [-0.39, 0.29) is 17.9 Å². The molecule has 0 unspecified atom stereocenters. The van der Waals surface area contributed by atoms with Crippen LogP contribution in [0.3, 0.4) is 0 Å². The average molecular weight is 368 g/mol. The van der Waals surface area contributed by atoms with E-state index in [9.17, 15) is 14.9 Å². The van der Waals surface area contributed by atoms with Gasteiger partial charge in [-0.05, 0) is 26.0 Å². The maximum atomic E-state index is 11.9. The average Bonchev–Trinajstić information content (AvgIpc) is 2.96. The summed E-state index contributed by atoms with van der Waals surface area (Å²) in [4.78, 5) is 27.4. The van der Waals surface area contributed by atoms with E-state index in [1.807, 2.05) is 19.2 Å². The number of ether oxygens (including phenoxy) is 2. The molecule has 0 amide bonds. The molecule has 0 saturated heterocycles. The van der Waals surface area contributed by atoms with Crippen LogP contribution < -0.4 is 0 Å². The number of nitrogens with zero attached hydrogens (tertiary/aromatic N) is 2. The number of rotatable bonds is 8. The quantitative estimate of drug-likeness (QED) is 0.303. The Morgan fingerprint density at radius 2 is 2.21 bits per heavy atom. The number of thiazole rings is 1. The van der Waals surface area contributed by atoms with Crippen molar-refractivity contribution in [2.24, 2.45) is 0 Å². The molecule has 7 nitrogen and oxygen atoms in total. The predicted octanol–water partition coefficient (Wildman–Crippen LogP) is 3.70. The Kier molecular flexibility index (Phi) is 6.71. The minimum atomic E-state index is -0.612. The van der Waals surface area contributed by atoms with E-state index in [2.05, 4.69) is 4.98 Å². The lowest BCUT2D eigenvalue weighted by molar-refractivity contribution is -0.387. The molecule has 24 heavy (non-hydrogen) atoms. The molecule has 0 spiro atoms. The second-order valence-electron chi connectivity index (χ2n) is 4.63. The van der Waals surface area contributed by atoms with Gasteiger partial charge in [-0.2, -0.15) is 0 Å². The van der Waals surface area contributed by atoms with Crippen molar-refractivity contribution in [3.8, 4) is 0 Å². The third-order valence-electron chi connectivity index (χ3n) is 2.85. The van der Waals surface area contributed by atoms with Crippen molar-refractivity contribution in [1.82, 2.24) is 4.98 Å². The van der Waals surface area contributed by atoms with Crippen LogP contribution in [0.15, 0.2) is 32.8 Å². The van der Waals surface area contributed by atoms with Gasteiger partial charge in [0.05, 0.1) is 22.0 Å². The summed E-state index contributed by atoms with van der Waals surface area (Å²) < 4.78 is 10.8. The van der Waals surface area contributed by atoms with Gasteiger partial charge in [0, 0.05) is 23.7 Å². The number of carbonyl (C=O) groups is 1. The second-order valence-corrected chi connectivity index (χ2v) is 6.78. The van der Waals surface area contributed by atoms with Gasteiger partial charge in [-0.1, -0.05) is 11.8 Å². The maximum Gasteiger partial charge on any atom is 0.338 e. The normalized spacial score (nSPS) is 10.6. The van der Waals surface area contributed by atoms with Crippen molar-refractivity contribution < 1.29 is 19.2 Å². The van der Waals surface area contributed by atoms with E-state index in [0.717, 1.165) is 5.69 Å². The number of hydrogen-bond acceptors (Lipinski definition) is 8. The first-order valence-corrected chi connectivity index (χ1v) is 8.84. The Hall–Kier alpha value is -1.97. The van der Waals surface area contributed by atoms with Crippen LogP contribution in [0, 0.1) is 17.0 Å². The van der Waals surface area contributed by atoms with Crippen LogP contribution in [-0.4, -0.2) is 35.7 Å². The van der Waals surface area contributed by atoms with Crippen LogP contribution in [0.1, 0.15) is 23.0 Å². The minimum Gasteiger partial charge on any atom is -0.460 e. The molecule has 9 heteroatoms. The summed E-state index contributed by atoms with van der Waals surface area (Å²) in [6, 6.07) is 4.28. The fourth-order valence-corrected chi connectivity index (χ4v) is 3.65. The molecule has 0 radical (unpaired) electrons. The van der Waals surface area contributed by atoms with Gasteiger partial charge < -0.3 is 9.47 Å².